The topological polar surface area (TPSA) is 54.5 Å². The van der Waals surface area contributed by atoms with E-state index in [0.29, 0.717) is 17.9 Å². The number of benzene rings is 2. The molecule has 5 nitrogen and oxygen atoms in total. The third kappa shape index (κ3) is 5.33. The molecular weight excluding hydrogens is 350 g/mol. The van der Waals surface area contributed by atoms with Crippen LogP contribution < -0.4 is 10.1 Å². The second-order valence-electron chi connectivity index (χ2n) is 6.89. The van der Waals surface area contributed by atoms with Crippen molar-refractivity contribution in [3.63, 3.8) is 0 Å². The van der Waals surface area contributed by atoms with Gasteiger partial charge in [-0.3, -0.25) is 4.79 Å². The molecule has 0 spiro atoms. The lowest BCUT2D eigenvalue weighted by molar-refractivity contribution is 0.0785. The number of carbonyl (C=O) groups excluding carboxylic acids is 1. The number of nitrogens with zero attached hydrogens (tertiary/aromatic N) is 2. The minimum Gasteiger partial charge on any atom is -0.491 e. The zero-order valence-electron chi connectivity index (χ0n) is 16.4. The van der Waals surface area contributed by atoms with E-state index in [1.165, 1.54) is 0 Å². The summed E-state index contributed by atoms with van der Waals surface area (Å²) in [6.45, 7) is 4.54. The molecule has 0 radical (unpaired) electrons. The van der Waals surface area contributed by atoms with E-state index in [9.17, 15) is 4.79 Å². The fraction of sp³-hybridized carbons (Fsp3) is 0.217. The van der Waals surface area contributed by atoms with Gasteiger partial charge in [0.1, 0.15) is 11.6 Å². The zero-order chi connectivity index (χ0) is 19.9. The fourth-order valence-electron chi connectivity index (χ4n) is 2.82. The summed E-state index contributed by atoms with van der Waals surface area (Å²) < 4.78 is 5.65. The number of aromatic nitrogens is 1. The number of anilines is 2. The van der Waals surface area contributed by atoms with Gasteiger partial charge in [0.25, 0.3) is 5.91 Å². The van der Waals surface area contributed by atoms with Crippen molar-refractivity contribution in [2.75, 3.05) is 12.4 Å². The Morgan fingerprint density at radius 1 is 1.07 bits per heavy atom. The van der Waals surface area contributed by atoms with Crippen molar-refractivity contribution in [3.05, 3.63) is 84.1 Å². The smallest absolute Gasteiger partial charge is 0.254 e. The molecule has 0 unspecified atom stereocenters. The van der Waals surface area contributed by atoms with Gasteiger partial charge in [-0.15, -0.1) is 0 Å². The Balaban J connectivity index is 1.67. The lowest BCUT2D eigenvalue weighted by Crippen LogP contribution is -2.26. The van der Waals surface area contributed by atoms with Crippen LogP contribution in [0.2, 0.25) is 0 Å². The molecule has 0 aliphatic rings. The van der Waals surface area contributed by atoms with Crippen LogP contribution in [-0.4, -0.2) is 28.9 Å². The van der Waals surface area contributed by atoms with Crippen molar-refractivity contribution >= 4 is 17.4 Å². The summed E-state index contributed by atoms with van der Waals surface area (Å²) in [7, 11) is 1.80. The number of carbonyl (C=O) groups is 1. The van der Waals surface area contributed by atoms with Crippen LogP contribution in [-0.2, 0) is 6.54 Å². The van der Waals surface area contributed by atoms with Crippen LogP contribution in [0.3, 0.4) is 0 Å². The largest absolute Gasteiger partial charge is 0.491 e. The van der Waals surface area contributed by atoms with Gasteiger partial charge in [-0.1, -0.05) is 30.3 Å². The monoisotopic (exact) mass is 375 g/mol. The van der Waals surface area contributed by atoms with Gasteiger partial charge < -0.3 is 15.0 Å². The minimum absolute atomic E-state index is 0.0463. The van der Waals surface area contributed by atoms with E-state index in [2.05, 4.69) is 10.3 Å². The third-order valence-corrected chi connectivity index (χ3v) is 4.11. The fourth-order valence-corrected chi connectivity index (χ4v) is 2.82. The number of nitrogens with one attached hydrogen (secondary N) is 1. The first-order valence-electron chi connectivity index (χ1n) is 9.30. The summed E-state index contributed by atoms with van der Waals surface area (Å²) in [6.07, 6.45) is 1.78. The van der Waals surface area contributed by atoms with E-state index in [4.69, 9.17) is 4.74 Å². The summed E-state index contributed by atoms with van der Waals surface area (Å²) in [4.78, 5) is 18.8. The first kappa shape index (κ1) is 19.4. The zero-order valence-corrected chi connectivity index (χ0v) is 16.4. The number of amides is 1. The maximum Gasteiger partial charge on any atom is 0.254 e. The van der Waals surface area contributed by atoms with Gasteiger partial charge in [0, 0.05) is 31.0 Å². The molecule has 1 heterocycles. The lowest BCUT2D eigenvalue weighted by atomic mass is 10.2. The predicted molar refractivity (Wildman–Crippen MR) is 112 cm³/mol. The molecule has 1 aromatic heterocycles. The second kappa shape index (κ2) is 9.04. The molecule has 0 aliphatic carbocycles. The van der Waals surface area contributed by atoms with E-state index < -0.39 is 0 Å². The van der Waals surface area contributed by atoms with Crippen molar-refractivity contribution in [1.29, 1.82) is 0 Å². The van der Waals surface area contributed by atoms with Crippen LogP contribution in [0.1, 0.15) is 29.8 Å². The highest BCUT2D eigenvalue weighted by atomic mass is 16.5. The summed E-state index contributed by atoms with van der Waals surface area (Å²) in [6, 6.07) is 21.1. The van der Waals surface area contributed by atoms with Crippen LogP contribution in [0.15, 0.2) is 72.9 Å². The molecule has 0 fully saturated rings. The van der Waals surface area contributed by atoms with Crippen molar-refractivity contribution in [2.24, 2.45) is 0 Å². The standard InChI is InChI=1S/C23H25N3O2/c1-17(2)28-21-11-9-20(10-12-21)25-22-15-19(13-14-24-22)23(27)26(3)16-18-7-5-4-6-8-18/h4-15,17H,16H2,1-3H3,(H,24,25). The Morgan fingerprint density at radius 2 is 1.79 bits per heavy atom. The molecule has 3 rings (SSSR count). The maximum absolute atomic E-state index is 12.8. The van der Waals surface area contributed by atoms with Crippen LogP contribution in [0, 0.1) is 0 Å². The van der Waals surface area contributed by atoms with Gasteiger partial charge in [-0.25, -0.2) is 4.98 Å². The van der Waals surface area contributed by atoms with E-state index in [1.54, 1.807) is 30.3 Å². The first-order chi connectivity index (χ1) is 13.5. The van der Waals surface area contributed by atoms with E-state index in [0.717, 1.165) is 17.0 Å². The quantitative estimate of drug-likeness (QED) is 0.639. The SMILES string of the molecule is CC(C)Oc1ccc(Nc2cc(C(=O)N(C)Cc3ccccc3)ccn2)cc1. The summed E-state index contributed by atoms with van der Waals surface area (Å²) in [5.41, 5.74) is 2.57. The van der Waals surface area contributed by atoms with Gasteiger partial charge >= 0.3 is 0 Å². The molecule has 3 aromatic rings. The summed E-state index contributed by atoms with van der Waals surface area (Å²) >= 11 is 0. The molecule has 1 N–H and O–H groups in total. The Hall–Kier alpha value is -3.34. The van der Waals surface area contributed by atoms with Gasteiger partial charge in [0.05, 0.1) is 6.10 Å². The number of ether oxygens (including phenoxy) is 1. The minimum atomic E-state index is -0.0463. The molecule has 0 aliphatic heterocycles. The molecule has 5 heteroatoms. The molecule has 0 saturated carbocycles. The van der Waals surface area contributed by atoms with Crippen molar-refractivity contribution in [2.45, 2.75) is 26.5 Å². The molecular formula is C23H25N3O2. The molecule has 0 atom stereocenters. The molecule has 28 heavy (non-hydrogen) atoms. The summed E-state index contributed by atoms with van der Waals surface area (Å²) in [5, 5.41) is 3.23. The highest BCUT2D eigenvalue weighted by Crippen LogP contribution is 2.20. The normalized spacial score (nSPS) is 10.6. The molecule has 0 saturated heterocycles. The molecule has 144 valence electrons. The average molecular weight is 375 g/mol. The Morgan fingerprint density at radius 3 is 2.46 bits per heavy atom. The van der Waals surface area contributed by atoms with Crippen LogP contribution in [0.25, 0.3) is 0 Å². The predicted octanol–water partition coefficient (Wildman–Crippen LogP) is 4.88. The van der Waals surface area contributed by atoms with Crippen molar-refractivity contribution in [1.82, 2.24) is 9.88 Å². The second-order valence-corrected chi connectivity index (χ2v) is 6.89. The highest BCUT2D eigenvalue weighted by molar-refractivity contribution is 5.94. The summed E-state index contributed by atoms with van der Waals surface area (Å²) in [5.74, 6) is 1.39. The average Bonchev–Trinajstić information content (AvgIpc) is 2.69. The van der Waals surface area contributed by atoms with E-state index >= 15 is 0 Å². The highest BCUT2D eigenvalue weighted by Gasteiger charge is 2.13. The Bertz CT molecular complexity index is 909. The first-order valence-corrected chi connectivity index (χ1v) is 9.30. The van der Waals surface area contributed by atoms with Gasteiger partial charge in [0.15, 0.2) is 0 Å². The number of pyridine rings is 1. The van der Waals surface area contributed by atoms with Crippen molar-refractivity contribution < 1.29 is 9.53 Å². The van der Waals surface area contributed by atoms with Crippen LogP contribution >= 0.6 is 0 Å². The maximum atomic E-state index is 12.8. The van der Waals surface area contributed by atoms with Gasteiger partial charge in [-0.05, 0) is 55.8 Å². The van der Waals surface area contributed by atoms with E-state index in [-0.39, 0.29) is 12.0 Å². The van der Waals surface area contributed by atoms with E-state index in [1.807, 2.05) is 68.4 Å². The van der Waals surface area contributed by atoms with Gasteiger partial charge in [0.2, 0.25) is 0 Å². The third-order valence-electron chi connectivity index (χ3n) is 4.11. The van der Waals surface area contributed by atoms with Crippen molar-refractivity contribution in [3.8, 4) is 5.75 Å². The van der Waals surface area contributed by atoms with Gasteiger partial charge in [-0.2, -0.15) is 0 Å². The van der Waals surface area contributed by atoms with Crippen LogP contribution in [0.5, 0.6) is 5.75 Å². The molecule has 0 bridgehead atoms. The number of rotatable bonds is 7. The molecule has 2 aromatic carbocycles. The Labute approximate surface area is 166 Å². The number of hydrogen-bond acceptors (Lipinski definition) is 4. The number of hydrogen-bond donors (Lipinski definition) is 1. The van der Waals surface area contributed by atoms with Crippen LogP contribution in [0.4, 0.5) is 11.5 Å². The molecule has 1 amide bonds. The Kier molecular flexibility index (Phi) is 6.27. The lowest BCUT2D eigenvalue weighted by Gasteiger charge is -2.18.